The van der Waals surface area contributed by atoms with Crippen molar-refractivity contribution < 1.29 is 0 Å². The average molecular weight is 299 g/mol. The van der Waals surface area contributed by atoms with Gasteiger partial charge in [-0.2, -0.15) is 0 Å². The van der Waals surface area contributed by atoms with Crippen molar-refractivity contribution in [3.05, 3.63) is 28.9 Å². The highest BCUT2D eigenvalue weighted by Gasteiger charge is 2.20. The van der Waals surface area contributed by atoms with Crippen LogP contribution in [0.3, 0.4) is 0 Å². The third-order valence-electron chi connectivity index (χ3n) is 5.76. The Bertz CT molecular complexity index is 575. The van der Waals surface area contributed by atoms with Gasteiger partial charge in [-0.1, -0.05) is 38.5 Å². The van der Waals surface area contributed by atoms with Crippen LogP contribution in [-0.2, 0) is 13.1 Å². The summed E-state index contributed by atoms with van der Waals surface area (Å²) in [4.78, 5) is 5.21. The number of aromatic nitrogens is 1. The van der Waals surface area contributed by atoms with Crippen molar-refractivity contribution in [2.75, 3.05) is 0 Å². The lowest BCUT2D eigenvalue weighted by Gasteiger charge is -2.26. The van der Waals surface area contributed by atoms with E-state index in [0.717, 1.165) is 13.1 Å². The molecule has 0 saturated heterocycles. The molecule has 0 atom stereocenters. The molecule has 2 fully saturated rings. The molecule has 0 radical (unpaired) electrons. The Balaban J connectivity index is 1.72. The summed E-state index contributed by atoms with van der Waals surface area (Å²) in [7, 11) is 0. The number of pyridine rings is 1. The van der Waals surface area contributed by atoms with E-state index in [4.69, 9.17) is 4.99 Å². The van der Waals surface area contributed by atoms with E-state index in [1.54, 1.807) is 0 Å². The Morgan fingerprint density at radius 1 is 0.864 bits per heavy atom. The first kappa shape index (κ1) is 14.5. The number of rotatable bonds is 2. The number of nitrogens with zero attached hydrogens (tertiary/aromatic N) is 2. The van der Waals surface area contributed by atoms with Crippen LogP contribution in [0.15, 0.2) is 17.3 Å². The van der Waals surface area contributed by atoms with Crippen molar-refractivity contribution in [2.24, 2.45) is 4.99 Å². The molecule has 1 N–H and O–H groups in total. The van der Waals surface area contributed by atoms with Crippen LogP contribution in [0, 0.1) is 0 Å². The molecule has 0 amide bonds. The molecule has 1 aromatic heterocycles. The van der Waals surface area contributed by atoms with E-state index in [9.17, 15) is 0 Å². The standard InChI is InChI=1S/C19H29N3/c1-3-7-17(8-4-1)21-19-11-15-12-20-13-16(15)14-22(19)18-9-5-2-6-10-18/h11,14,17-18,20H,1-10,12-13H2. The maximum Gasteiger partial charge on any atom is 0.128 e. The lowest BCUT2D eigenvalue weighted by atomic mass is 9.94. The first-order chi connectivity index (χ1) is 10.9. The summed E-state index contributed by atoms with van der Waals surface area (Å²) >= 11 is 0. The van der Waals surface area contributed by atoms with E-state index in [2.05, 4.69) is 22.1 Å². The van der Waals surface area contributed by atoms with E-state index < -0.39 is 0 Å². The molecule has 3 heteroatoms. The van der Waals surface area contributed by atoms with Gasteiger partial charge in [0.15, 0.2) is 0 Å². The normalized spacial score (nSPS) is 24.6. The molecule has 2 saturated carbocycles. The molecular formula is C19H29N3. The molecule has 0 unspecified atom stereocenters. The first-order valence-corrected chi connectivity index (χ1v) is 9.39. The van der Waals surface area contributed by atoms with E-state index in [0.29, 0.717) is 12.1 Å². The summed E-state index contributed by atoms with van der Waals surface area (Å²) in [5.41, 5.74) is 4.23. The van der Waals surface area contributed by atoms with Crippen LogP contribution in [-0.4, -0.2) is 10.6 Å². The summed E-state index contributed by atoms with van der Waals surface area (Å²) in [6, 6.07) is 3.64. The van der Waals surface area contributed by atoms with E-state index in [1.807, 2.05) is 0 Å². The Hall–Kier alpha value is -1.09. The van der Waals surface area contributed by atoms with Gasteiger partial charge in [-0.25, -0.2) is 0 Å². The maximum atomic E-state index is 5.21. The van der Waals surface area contributed by atoms with Gasteiger partial charge < -0.3 is 9.88 Å². The fourth-order valence-corrected chi connectivity index (χ4v) is 4.45. The molecular weight excluding hydrogens is 270 g/mol. The van der Waals surface area contributed by atoms with Gasteiger partial charge in [0.1, 0.15) is 5.49 Å². The molecule has 0 spiro atoms. The van der Waals surface area contributed by atoms with Crippen LogP contribution >= 0.6 is 0 Å². The van der Waals surface area contributed by atoms with Crippen molar-refractivity contribution >= 4 is 0 Å². The van der Waals surface area contributed by atoms with Crippen LogP contribution in [0.5, 0.6) is 0 Å². The second-order valence-electron chi connectivity index (χ2n) is 7.41. The van der Waals surface area contributed by atoms with Crippen LogP contribution in [0.1, 0.15) is 81.4 Å². The number of hydrogen-bond acceptors (Lipinski definition) is 2. The fraction of sp³-hybridized carbons (Fsp3) is 0.737. The minimum atomic E-state index is 0.566. The summed E-state index contributed by atoms with van der Waals surface area (Å²) in [6.07, 6.45) is 16.0. The van der Waals surface area contributed by atoms with Gasteiger partial charge in [0.05, 0.1) is 6.04 Å². The van der Waals surface area contributed by atoms with Crippen LogP contribution in [0.2, 0.25) is 0 Å². The molecule has 1 aromatic rings. The van der Waals surface area contributed by atoms with Crippen molar-refractivity contribution in [2.45, 2.75) is 89.4 Å². The van der Waals surface area contributed by atoms with Crippen molar-refractivity contribution in [3.63, 3.8) is 0 Å². The van der Waals surface area contributed by atoms with Gasteiger partial charge in [0, 0.05) is 25.3 Å². The summed E-state index contributed by atoms with van der Waals surface area (Å²) in [6.45, 7) is 2.06. The molecule has 3 aliphatic rings. The highest BCUT2D eigenvalue weighted by molar-refractivity contribution is 5.27. The Kier molecular flexibility index (Phi) is 4.33. The molecule has 2 aliphatic carbocycles. The molecule has 4 rings (SSSR count). The monoisotopic (exact) mass is 299 g/mol. The van der Waals surface area contributed by atoms with Crippen molar-refractivity contribution in [1.82, 2.24) is 9.88 Å². The molecule has 0 bridgehead atoms. The van der Waals surface area contributed by atoms with Gasteiger partial charge in [-0.3, -0.25) is 4.99 Å². The molecule has 3 nitrogen and oxygen atoms in total. The lowest BCUT2D eigenvalue weighted by molar-refractivity contribution is 0.339. The SMILES string of the molecule is c1c2c(cn(C3CCCCC3)c1=NC1CCCCC1)CNC2. The quantitative estimate of drug-likeness (QED) is 0.883. The molecule has 22 heavy (non-hydrogen) atoms. The van der Waals surface area contributed by atoms with E-state index in [-0.39, 0.29) is 0 Å². The molecule has 2 heterocycles. The zero-order chi connectivity index (χ0) is 14.8. The third-order valence-corrected chi connectivity index (χ3v) is 5.76. The summed E-state index contributed by atoms with van der Waals surface area (Å²) in [5, 5.41) is 3.49. The maximum absolute atomic E-state index is 5.21. The van der Waals surface area contributed by atoms with Gasteiger partial charge in [0.2, 0.25) is 0 Å². The summed E-state index contributed by atoms with van der Waals surface area (Å²) in [5.74, 6) is 0. The molecule has 120 valence electrons. The fourth-order valence-electron chi connectivity index (χ4n) is 4.45. The van der Waals surface area contributed by atoms with E-state index >= 15 is 0 Å². The minimum absolute atomic E-state index is 0.566. The predicted octanol–water partition coefficient (Wildman–Crippen LogP) is 3.83. The second kappa shape index (κ2) is 6.57. The Labute approximate surface area is 133 Å². The number of fused-ring (bicyclic) bond motifs is 1. The highest BCUT2D eigenvalue weighted by atomic mass is 15.1. The second-order valence-corrected chi connectivity index (χ2v) is 7.41. The smallest absolute Gasteiger partial charge is 0.128 e. The minimum Gasteiger partial charge on any atom is -0.330 e. The van der Waals surface area contributed by atoms with Gasteiger partial charge in [-0.15, -0.1) is 0 Å². The third kappa shape index (κ3) is 3.01. The lowest BCUT2D eigenvalue weighted by Crippen LogP contribution is -2.29. The van der Waals surface area contributed by atoms with Gasteiger partial charge in [0.25, 0.3) is 0 Å². The number of hydrogen-bond donors (Lipinski definition) is 1. The van der Waals surface area contributed by atoms with Crippen LogP contribution in [0.25, 0.3) is 0 Å². The molecule has 0 aromatic carbocycles. The highest BCUT2D eigenvalue weighted by Crippen LogP contribution is 2.28. The van der Waals surface area contributed by atoms with Crippen molar-refractivity contribution in [3.8, 4) is 0 Å². The van der Waals surface area contributed by atoms with E-state index in [1.165, 1.54) is 80.8 Å². The Morgan fingerprint density at radius 2 is 1.55 bits per heavy atom. The zero-order valence-electron chi connectivity index (χ0n) is 13.7. The topological polar surface area (TPSA) is 29.3 Å². The largest absolute Gasteiger partial charge is 0.330 e. The van der Waals surface area contributed by atoms with Crippen LogP contribution in [0.4, 0.5) is 0 Å². The zero-order valence-corrected chi connectivity index (χ0v) is 13.7. The predicted molar refractivity (Wildman–Crippen MR) is 89.5 cm³/mol. The van der Waals surface area contributed by atoms with Gasteiger partial charge in [-0.05, 0) is 42.9 Å². The van der Waals surface area contributed by atoms with Crippen LogP contribution < -0.4 is 10.8 Å². The Morgan fingerprint density at radius 3 is 2.32 bits per heavy atom. The first-order valence-electron chi connectivity index (χ1n) is 9.39. The van der Waals surface area contributed by atoms with Gasteiger partial charge >= 0.3 is 0 Å². The number of nitrogens with one attached hydrogen (secondary N) is 1. The molecule has 1 aliphatic heterocycles. The average Bonchev–Trinajstić information content (AvgIpc) is 3.03. The van der Waals surface area contributed by atoms with Crippen molar-refractivity contribution in [1.29, 1.82) is 0 Å². The summed E-state index contributed by atoms with van der Waals surface area (Å²) < 4.78 is 2.54.